The summed E-state index contributed by atoms with van der Waals surface area (Å²) in [5.41, 5.74) is 4.55. The van der Waals surface area contributed by atoms with E-state index in [0.29, 0.717) is 11.4 Å². The number of hydrogen-bond acceptors (Lipinski definition) is 6. The third-order valence-electron chi connectivity index (χ3n) is 5.22. The van der Waals surface area contributed by atoms with Gasteiger partial charge in [-0.3, -0.25) is 14.9 Å². The Morgan fingerprint density at radius 2 is 1.59 bits per heavy atom. The van der Waals surface area contributed by atoms with Gasteiger partial charge in [-0.25, -0.2) is 4.79 Å². The van der Waals surface area contributed by atoms with Crippen molar-refractivity contribution >= 4 is 40.7 Å². The summed E-state index contributed by atoms with van der Waals surface area (Å²) in [6.45, 7) is 7.36. The molecule has 182 valence electrons. The summed E-state index contributed by atoms with van der Waals surface area (Å²) in [5, 5.41) is 8.99. The third kappa shape index (κ3) is 7.23. The molecule has 8 nitrogen and oxygen atoms in total. The van der Waals surface area contributed by atoms with Gasteiger partial charge in [-0.15, -0.1) is 0 Å². The molecular weight excluding hydrogens is 434 g/mol. The SMILES string of the molecule is CCOC(=O)CC(=O)Nc1c(Nc2ccc(NC(=O)OC(C)(C)C)cc2)ccc2c1CCCC2. The first-order chi connectivity index (χ1) is 16.1. The highest BCUT2D eigenvalue weighted by Gasteiger charge is 2.20. The van der Waals surface area contributed by atoms with Gasteiger partial charge in [-0.05, 0) is 94.8 Å². The number of anilines is 4. The van der Waals surface area contributed by atoms with E-state index < -0.39 is 23.6 Å². The van der Waals surface area contributed by atoms with Crippen LogP contribution in [0.5, 0.6) is 0 Å². The minimum Gasteiger partial charge on any atom is -0.466 e. The summed E-state index contributed by atoms with van der Waals surface area (Å²) in [5.74, 6) is -0.954. The van der Waals surface area contributed by atoms with Crippen LogP contribution in [0.15, 0.2) is 36.4 Å². The average Bonchev–Trinajstić information content (AvgIpc) is 2.75. The van der Waals surface area contributed by atoms with Crippen molar-refractivity contribution in [1.82, 2.24) is 0 Å². The molecule has 0 aromatic heterocycles. The van der Waals surface area contributed by atoms with E-state index in [-0.39, 0.29) is 13.0 Å². The van der Waals surface area contributed by atoms with Gasteiger partial charge in [-0.1, -0.05) is 6.07 Å². The van der Waals surface area contributed by atoms with Crippen molar-refractivity contribution < 1.29 is 23.9 Å². The fraction of sp³-hybridized carbons (Fsp3) is 0.423. The lowest BCUT2D eigenvalue weighted by atomic mass is 9.89. The largest absolute Gasteiger partial charge is 0.466 e. The summed E-state index contributed by atoms with van der Waals surface area (Å²) in [6, 6.07) is 11.2. The maximum absolute atomic E-state index is 12.5. The quantitative estimate of drug-likeness (QED) is 0.364. The van der Waals surface area contributed by atoms with Crippen molar-refractivity contribution in [3.8, 4) is 0 Å². The summed E-state index contributed by atoms with van der Waals surface area (Å²) in [7, 11) is 0. The van der Waals surface area contributed by atoms with E-state index in [1.54, 1.807) is 39.8 Å². The lowest BCUT2D eigenvalue weighted by molar-refractivity contribution is -0.145. The summed E-state index contributed by atoms with van der Waals surface area (Å²) in [4.78, 5) is 36.3. The standard InChI is InChI=1S/C26H33N3O5/c1-5-33-23(31)16-22(30)29-24-20-9-7-6-8-17(20)10-15-21(24)27-18-11-13-19(14-12-18)28-25(32)34-26(2,3)4/h10-15,27H,5-9,16H2,1-4H3,(H,28,32)(H,29,30). The number of benzene rings is 2. The number of rotatable bonds is 7. The molecular formula is C26H33N3O5. The van der Waals surface area contributed by atoms with Crippen molar-refractivity contribution in [2.75, 3.05) is 22.6 Å². The van der Waals surface area contributed by atoms with Gasteiger partial charge >= 0.3 is 12.1 Å². The van der Waals surface area contributed by atoms with Gasteiger partial charge in [0.05, 0.1) is 18.0 Å². The van der Waals surface area contributed by atoms with E-state index in [1.807, 2.05) is 18.2 Å². The minimum atomic E-state index is -0.577. The number of amides is 2. The molecule has 0 radical (unpaired) electrons. The zero-order chi connectivity index (χ0) is 24.7. The van der Waals surface area contributed by atoms with Crippen LogP contribution in [0.2, 0.25) is 0 Å². The molecule has 3 N–H and O–H groups in total. The molecule has 2 aromatic rings. The molecule has 0 saturated carbocycles. The Morgan fingerprint density at radius 1 is 0.912 bits per heavy atom. The van der Waals surface area contributed by atoms with Crippen LogP contribution in [0.25, 0.3) is 0 Å². The highest BCUT2D eigenvalue weighted by atomic mass is 16.6. The molecule has 0 atom stereocenters. The molecule has 0 fully saturated rings. The zero-order valence-corrected chi connectivity index (χ0v) is 20.2. The molecule has 2 amide bonds. The number of carbonyl (C=O) groups is 3. The van der Waals surface area contributed by atoms with E-state index >= 15 is 0 Å². The highest BCUT2D eigenvalue weighted by Crippen LogP contribution is 2.36. The van der Waals surface area contributed by atoms with Gasteiger partial charge in [0.2, 0.25) is 5.91 Å². The Bertz CT molecular complexity index is 1040. The monoisotopic (exact) mass is 467 g/mol. The van der Waals surface area contributed by atoms with Crippen molar-refractivity contribution in [1.29, 1.82) is 0 Å². The van der Waals surface area contributed by atoms with E-state index in [2.05, 4.69) is 22.0 Å². The van der Waals surface area contributed by atoms with Crippen molar-refractivity contribution in [3.63, 3.8) is 0 Å². The number of aryl methyl sites for hydroxylation is 1. The average molecular weight is 468 g/mol. The van der Waals surface area contributed by atoms with Crippen LogP contribution in [0.1, 0.15) is 58.1 Å². The molecule has 1 aliphatic rings. The molecule has 0 saturated heterocycles. The van der Waals surface area contributed by atoms with Crippen LogP contribution in [0.3, 0.4) is 0 Å². The van der Waals surface area contributed by atoms with Crippen LogP contribution < -0.4 is 16.0 Å². The van der Waals surface area contributed by atoms with Gasteiger partial charge in [0.25, 0.3) is 0 Å². The van der Waals surface area contributed by atoms with Gasteiger partial charge < -0.3 is 20.1 Å². The maximum atomic E-state index is 12.5. The molecule has 0 spiro atoms. The Morgan fingerprint density at radius 3 is 2.26 bits per heavy atom. The number of esters is 1. The summed E-state index contributed by atoms with van der Waals surface area (Å²) in [6.07, 6.45) is 3.13. The lowest BCUT2D eigenvalue weighted by Gasteiger charge is -2.23. The Kier molecular flexibility index (Phi) is 8.15. The highest BCUT2D eigenvalue weighted by molar-refractivity contribution is 6.04. The van der Waals surface area contributed by atoms with Gasteiger partial charge in [0.15, 0.2) is 0 Å². The molecule has 0 aliphatic heterocycles. The predicted molar refractivity (Wildman–Crippen MR) is 133 cm³/mol. The first kappa shape index (κ1) is 25.1. The zero-order valence-electron chi connectivity index (χ0n) is 20.2. The molecule has 2 aromatic carbocycles. The second-order valence-corrected chi connectivity index (χ2v) is 9.19. The number of ether oxygens (including phenoxy) is 2. The first-order valence-corrected chi connectivity index (χ1v) is 11.6. The second-order valence-electron chi connectivity index (χ2n) is 9.19. The predicted octanol–water partition coefficient (Wildman–Crippen LogP) is 5.55. The Balaban J connectivity index is 1.76. The smallest absolute Gasteiger partial charge is 0.412 e. The van der Waals surface area contributed by atoms with Crippen LogP contribution in [-0.4, -0.2) is 30.2 Å². The third-order valence-corrected chi connectivity index (χ3v) is 5.22. The van der Waals surface area contributed by atoms with Crippen molar-refractivity contribution in [2.45, 2.75) is 65.4 Å². The van der Waals surface area contributed by atoms with Crippen LogP contribution in [0.4, 0.5) is 27.5 Å². The number of carbonyl (C=O) groups excluding carboxylic acids is 3. The molecule has 8 heteroatoms. The molecule has 0 unspecified atom stereocenters. The van der Waals surface area contributed by atoms with E-state index in [4.69, 9.17) is 9.47 Å². The molecule has 34 heavy (non-hydrogen) atoms. The molecule has 0 heterocycles. The lowest BCUT2D eigenvalue weighted by Crippen LogP contribution is -2.27. The Hall–Kier alpha value is -3.55. The van der Waals surface area contributed by atoms with Crippen LogP contribution >= 0.6 is 0 Å². The van der Waals surface area contributed by atoms with E-state index in [1.165, 1.54) is 5.56 Å². The molecule has 1 aliphatic carbocycles. The van der Waals surface area contributed by atoms with E-state index in [0.717, 1.165) is 42.6 Å². The van der Waals surface area contributed by atoms with Crippen LogP contribution in [0, 0.1) is 0 Å². The van der Waals surface area contributed by atoms with Crippen LogP contribution in [-0.2, 0) is 31.9 Å². The van der Waals surface area contributed by atoms with Crippen molar-refractivity contribution in [2.24, 2.45) is 0 Å². The van der Waals surface area contributed by atoms with Gasteiger partial charge in [0.1, 0.15) is 12.0 Å². The Labute approximate surface area is 200 Å². The summed E-state index contributed by atoms with van der Waals surface area (Å²) < 4.78 is 10.2. The van der Waals surface area contributed by atoms with Gasteiger partial charge in [-0.2, -0.15) is 0 Å². The topological polar surface area (TPSA) is 106 Å². The fourth-order valence-corrected chi connectivity index (χ4v) is 3.82. The molecule has 0 bridgehead atoms. The maximum Gasteiger partial charge on any atom is 0.412 e. The van der Waals surface area contributed by atoms with Crippen molar-refractivity contribution in [3.05, 3.63) is 47.5 Å². The minimum absolute atomic E-state index is 0.235. The molecule has 3 rings (SSSR count). The number of fused-ring (bicyclic) bond motifs is 1. The summed E-state index contributed by atoms with van der Waals surface area (Å²) >= 11 is 0. The normalized spacial score (nSPS) is 12.8. The fourth-order valence-electron chi connectivity index (χ4n) is 3.82. The first-order valence-electron chi connectivity index (χ1n) is 11.6. The van der Waals surface area contributed by atoms with E-state index in [9.17, 15) is 14.4 Å². The van der Waals surface area contributed by atoms with Gasteiger partial charge in [0, 0.05) is 11.4 Å². The number of hydrogen-bond donors (Lipinski definition) is 3. The second kappa shape index (κ2) is 11.0. The number of nitrogens with one attached hydrogen (secondary N) is 3.